The number of aliphatic hydroxyl groups is 1. The van der Waals surface area contributed by atoms with E-state index in [1.54, 1.807) is 48.5 Å². The summed E-state index contributed by atoms with van der Waals surface area (Å²) in [6.07, 6.45) is -0.384. The second kappa shape index (κ2) is 15.7. The molecule has 0 aromatic heterocycles. The van der Waals surface area contributed by atoms with Crippen molar-refractivity contribution in [2.75, 3.05) is 13.2 Å². The highest BCUT2D eigenvalue weighted by Crippen LogP contribution is 2.44. The van der Waals surface area contributed by atoms with E-state index in [2.05, 4.69) is 36.8 Å². The lowest BCUT2D eigenvalue weighted by Crippen LogP contribution is -2.53. The molecule has 5 rings (SSSR count). The van der Waals surface area contributed by atoms with Gasteiger partial charge in [0.25, 0.3) is 5.91 Å². The van der Waals surface area contributed by atoms with Crippen LogP contribution < -0.4 is 15.6 Å². The maximum atomic E-state index is 14.4. The molecular formula is C34H31BrF2N6O4. The number of halogens is 3. The number of carbonyl (C=O) groups is 1. The van der Waals surface area contributed by atoms with Crippen molar-refractivity contribution in [1.29, 1.82) is 0 Å². The molecular weight excluding hydrogens is 674 g/mol. The van der Waals surface area contributed by atoms with Crippen LogP contribution in [0, 0.1) is 11.6 Å². The van der Waals surface area contributed by atoms with E-state index in [1.165, 1.54) is 6.07 Å². The molecule has 2 atom stereocenters. The molecule has 0 spiro atoms. The minimum Gasteiger partial charge on any atom is -0.494 e. The van der Waals surface area contributed by atoms with Crippen LogP contribution in [0.4, 0.5) is 8.78 Å². The quantitative estimate of drug-likeness (QED) is 0.0445. The summed E-state index contributed by atoms with van der Waals surface area (Å²) < 4.78 is 40.3. The number of amides is 1. The van der Waals surface area contributed by atoms with E-state index in [4.69, 9.17) is 25.1 Å². The number of hydrogen-bond acceptors (Lipinski definition) is 7. The highest BCUT2D eigenvalue weighted by Gasteiger charge is 2.54. The number of aliphatic hydroxyl groups excluding tert-OH is 1. The molecule has 1 heterocycles. The molecule has 1 aliphatic heterocycles. The van der Waals surface area contributed by atoms with E-state index in [-0.39, 0.29) is 32.0 Å². The van der Waals surface area contributed by atoms with Crippen molar-refractivity contribution in [2.45, 2.75) is 37.6 Å². The Hall–Kier alpha value is -4.81. The van der Waals surface area contributed by atoms with Crippen molar-refractivity contribution in [3.05, 3.63) is 145 Å². The van der Waals surface area contributed by atoms with Crippen molar-refractivity contribution < 1.29 is 28.2 Å². The van der Waals surface area contributed by atoms with Gasteiger partial charge in [0, 0.05) is 40.9 Å². The minimum atomic E-state index is -1.59. The first-order valence-corrected chi connectivity index (χ1v) is 15.5. The van der Waals surface area contributed by atoms with Crippen LogP contribution in [0.1, 0.15) is 40.3 Å². The number of benzene rings is 4. The Morgan fingerprint density at radius 1 is 1.04 bits per heavy atom. The van der Waals surface area contributed by atoms with Crippen molar-refractivity contribution in [1.82, 2.24) is 10.9 Å². The topological polar surface area (TPSA) is 141 Å². The van der Waals surface area contributed by atoms with Crippen LogP contribution in [-0.4, -0.2) is 35.7 Å². The fraction of sp³-hybridized carbons (Fsp3) is 0.235. The van der Waals surface area contributed by atoms with Gasteiger partial charge in [-0.1, -0.05) is 69.6 Å². The Morgan fingerprint density at radius 3 is 2.51 bits per heavy atom. The molecule has 10 nitrogen and oxygen atoms in total. The van der Waals surface area contributed by atoms with Crippen molar-refractivity contribution in [3.63, 3.8) is 0 Å². The van der Waals surface area contributed by atoms with Gasteiger partial charge in [0.05, 0.1) is 13.2 Å². The fourth-order valence-corrected chi connectivity index (χ4v) is 5.64. The van der Waals surface area contributed by atoms with Gasteiger partial charge in [-0.25, -0.2) is 19.2 Å². The van der Waals surface area contributed by atoms with Crippen LogP contribution in [0.2, 0.25) is 0 Å². The molecule has 47 heavy (non-hydrogen) atoms. The Morgan fingerprint density at radius 2 is 1.79 bits per heavy atom. The first-order chi connectivity index (χ1) is 22.8. The van der Waals surface area contributed by atoms with Gasteiger partial charge < -0.3 is 14.6 Å². The smallest absolute Gasteiger partial charge is 0.266 e. The zero-order valence-corrected chi connectivity index (χ0v) is 26.7. The van der Waals surface area contributed by atoms with E-state index in [0.717, 1.165) is 22.2 Å². The molecule has 0 saturated carbocycles. The molecule has 13 heteroatoms. The van der Waals surface area contributed by atoms with Crippen molar-refractivity contribution in [2.24, 2.45) is 10.1 Å². The molecule has 0 bridgehead atoms. The number of carbonyl (C=O) groups excluding carboxylic acids is 1. The van der Waals surface area contributed by atoms with Crippen LogP contribution in [-0.2, 0) is 29.0 Å². The van der Waals surface area contributed by atoms with E-state index < -0.39 is 29.2 Å². The summed E-state index contributed by atoms with van der Waals surface area (Å²) in [6, 6.07) is 25.2. The monoisotopic (exact) mass is 704 g/mol. The van der Waals surface area contributed by atoms with Gasteiger partial charge in [0.15, 0.2) is 23.3 Å². The minimum absolute atomic E-state index is 0.00135. The molecule has 1 amide bonds. The molecule has 0 unspecified atom stereocenters. The van der Waals surface area contributed by atoms with Gasteiger partial charge >= 0.3 is 0 Å². The number of azide groups is 1. The second-order valence-corrected chi connectivity index (χ2v) is 11.6. The molecule has 242 valence electrons. The summed E-state index contributed by atoms with van der Waals surface area (Å²) in [6.45, 7) is 0.386. The largest absolute Gasteiger partial charge is 0.494 e. The van der Waals surface area contributed by atoms with Crippen molar-refractivity contribution in [3.8, 4) is 5.75 Å². The van der Waals surface area contributed by atoms with E-state index in [9.17, 15) is 13.6 Å². The predicted octanol–water partition coefficient (Wildman–Crippen LogP) is 6.62. The summed E-state index contributed by atoms with van der Waals surface area (Å²) in [5, 5.41) is 12.8. The summed E-state index contributed by atoms with van der Waals surface area (Å²) >= 11 is 3.60. The lowest BCUT2D eigenvalue weighted by atomic mass is 9.80. The standard InChI is InChI=1S/C34H31BrF2N6O4/c35-28-9-4-2-6-24(28)19-34(33(45)42-39-20-22-10-15-29(36)30(37)18-22)31(27-8-3-1-7-25(27)21-40-43-38)47-32(41-34)23-11-13-26(14-12-23)46-17-5-16-44/h1-4,6-15,18,31,39,44H,5,16-17,19-21H2,(H,42,45)/t31-,34-/m0/s1. The third kappa shape index (κ3) is 7.95. The Balaban J connectivity index is 1.57. The number of aliphatic imine (C=N–C) groups is 1. The molecule has 1 aliphatic rings. The van der Waals surface area contributed by atoms with Gasteiger partial charge in [-0.3, -0.25) is 10.2 Å². The van der Waals surface area contributed by atoms with Gasteiger partial charge in [0.2, 0.25) is 5.90 Å². The first-order valence-electron chi connectivity index (χ1n) is 14.7. The predicted molar refractivity (Wildman–Crippen MR) is 175 cm³/mol. The average molecular weight is 706 g/mol. The van der Waals surface area contributed by atoms with Gasteiger partial charge in [-0.2, -0.15) is 0 Å². The average Bonchev–Trinajstić information content (AvgIpc) is 3.47. The van der Waals surface area contributed by atoms with Crippen LogP contribution in [0.15, 0.2) is 106 Å². The summed E-state index contributed by atoms with van der Waals surface area (Å²) in [5.74, 6) is -1.71. The maximum Gasteiger partial charge on any atom is 0.266 e. The van der Waals surface area contributed by atoms with E-state index >= 15 is 0 Å². The highest BCUT2D eigenvalue weighted by atomic mass is 79.9. The normalized spacial score (nSPS) is 16.9. The fourth-order valence-electron chi connectivity index (χ4n) is 5.22. The molecule has 0 saturated heterocycles. The third-order valence-electron chi connectivity index (χ3n) is 7.57. The lowest BCUT2D eigenvalue weighted by Gasteiger charge is -2.32. The first kappa shape index (κ1) is 33.6. The van der Waals surface area contributed by atoms with Crippen molar-refractivity contribution >= 4 is 27.7 Å². The summed E-state index contributed by atoms with van der Waals surface area (Å²) in [7, 11) is 0. The van der Waals surface area contributed by atoms with Crippen LogP contribution in [0.3, 0.4) is 0 Å². The molecule has 0 radical (unpaired) electrons. The van der Waals surface area contributed by atoms with E-state index in [1.807, 2.05) is 24.3 Å². The number of hydrazine groups is 1. The maximum absolute atomic E-state index is 14.4. The number of ether oxygens (including phenoxy) is 2. The number of nitrogens with zero attached hydrogens (tertiary/aromatic N) is 4. The van der Waals surface area contributed by atoms with E-state index in [0.29, 0.717) is 41.0 Å². The number of nitrogens with one attached hydrogen (secondary N) is 2. The Kier molecular flexibility index (Phi) is 11.2. The SMILES string of the molecule is [N-]=[N+]=NCc1ccccc1[C@@H]1OC(c2ccc(OCCCO)cc2)=N[C@]1(Cc1ccccc1Br)C(=O)NNCc1ccc(F)c(F)c1. The van der Waals surface area contributed by atoms with Crippen LogP contribution in [0.5, 0.6) is 5.75 Å². The number of rotatable bonds is 14. The lowest BCUT2D eigenvalue weighted by molar-refractivity contribution is -0.130. The van der Waals surface area contributed by atoms with Crippen LogP contribution >= 0.6 is 15.9 Å². The number of hydrogen-bond donors (Lipinski definition) is 3. The molecule has 0 fully saturated rings. The molecule has 4 aromatic rings. The summed E-state index contributed by atoms with van der Waals surface area (Å²) in [4.78, 5) is 22.4. The molecule has 4 aromatic carbocycles. The van der Waals surface area contributed by atoms with Gasteiger partial charge in [-0.05, 0) is 70.2 Å². The van der Waals surface area contributed by atoms with Gasteiger partial charge in [-0.15, -0.1) is 0 Å². The molecule has 3 N–H and O–H groups in total. The Labute approximate surface area is 278 Å². The zero-order chi connectivity index (χ0) is 33.2. The zero-order valence-electron chi connectivity index (χ0n) is 25.1. The van der Waals surface area contributed by atoms with Gasteiger partial charge in [0.1, 0.15) is 5.75 Å². The Bertz CT molecular complexity index is 1800. The highest BCUT2D eigenvalue weighted by molar-refractivity contribution is 9.10. The van der Waals surface area contributed by atoms with Crippen LogP contribution in [0.25, 0.3) is 10.4 Å². The summed E-state index contributed by atoms with van der Waals surface area (Å²) in [5.41, 5.74) is 16.1. The second-order valence-electron chi connectivity index (χ2n) is 10.7. The third-order valence-corrected chi connectivity index (χ3v) is 8.34. The molecule has 0 aliphatic carbocycles.